The van der Waals surface area contributed by atoms with Crippen molar-refractivity contribution in [2.45, 2.75) is 51.4 Å². The maximum absolute atomic E-state index is 5.87. The standard InChI is InChI=1S/C22H29Br2NO/c23-20-15-19(16-21(24)17-20)18-9-11-22(12-10-18)26-14-8-6-4-2-1-3-5-7-13-25/h9-12,15-17H,1-8,13-14,25H2. The second kappa shape index (κ2) is 12.5. The Morgan fingerprint density at radius 1 is 0.654 bits per heavy atom. The Balaban J connectivity index is 1.63. The fourth-order valence-corrected chi connectivity index (χ4v) is 4.25. The average molecular weight is 483 g/mol. The third-order valence-corrected chi connectivity index (χ3v) is 5.33. The van der Waals surface area contributed by atoms with Crippen molar-refractivity contribution < 1.29 is 4.74 Å². The lowest BCUT2D eigenvalue weighted by Gasteiger charge is -2.08. The van der Waals surface area contributed by atoms with Gasteiger partial charge in [0.1, 0.15) is 5.75 Å². The number of hydrogen-bond donors (Lipinski definition) is 1. The van der Waals surface area contributed by atoms with Crippen LogP contribution in [0.15, 0.2) is 51.4 Å². The third kappa shape index (κ3) is 8.24. The van der Waals surface area contributed by atoms with Crippen LogP contribution in [0.2, 0.25) is 0 Å². The van der Waals surface area contributed by atoms with E-state index in [4.69, 9.17) is 10.5 Å². The molecule has 0 radical (unpaired) electrons. The van der Waals surface area contributed by atoms with Crippen LogP contribution in [0, 0.1) is 0 Å². The van der Waals surface area contributed by atoms with Gasteiger partial charge in [0, 0.05) is 8.95 Å². The van der Waals surface area contributed by atoms with Crippen LogP contribution in [-0.2, 0) is 0 Å². The van der Waals surface area contributed by atoms with Crippen LogP contribution in [-0.4, -0.2) is 13.2 Å². The summed E-state index contributed by atoms with van der Waals surface area (Å²) in [4.78, 5) is 0. The van der Waals surface area contributed by atoms with Crippen LogP contribution in [0.3, 0.4) is 0 Å². The third-order valence-electron chi connectivity index (χ3n) is 4.42. The van der Waals surface area contributed by atoms with Crippen molar-refractivity contribution in [1.82, 2.24) is 0 Å². The summed E-state index contributed by atoms with van der Waals surface area (Å²) in [5, 5.41) is 0. The summed E-state index contributed by atoms with van der Waals surface area (Å²) in [5.41, 5.74) is 7.88. The molecule has 2 aromatic rings. The van der Waals surface area contributed by atoms with Gasteiger partial charge in [0.2, 0.25) is 0 Å². The zero-order valence-electron chi connectivity index (χ0n) is 15.4. The fourth-order valence-electron chi connectivity index (χ4n) is 2.96. The second-order valence-electron chi connectivity index (χ2n) is 6.65. The molecule has 2 aromatic carbocycles. The highest BCUT2D eigenvalue weighted by Crippen LogP contribution is 2.28. The van der Waals surface area contributed by atoms with Crippen LogP contribution < -0.4 is 10.5 Å². The van der Waals surface area contributed by atoms with E-state index < -0.39 is 0 Å². The molecule has 4 heteroatoms. The Labute approximate surface area is 174 Å². The Bertz CT molecular complexity index is 623. The highest BCUT2D eigenvalue weighted by Gasteiger charge is 2.02. The molecule has 0 amide bonds. The summed E-state index contributed by atoms with van der Waals surface area (Å²) in [6.07, 6.45) is 10.1. The lowest BCUT2D eigenvalue weighted by Crippen LogP contribution is -1.98. The van der Waals surface area contributed by atoms with Gasteiger partial charge in [-0.05, 0) is 60.8 Å². The quantitative estimate of drug-likeness (QED) is 0.321. The molecule has 2 N–H and O–H groups in total. The second-order valence-corrected chi connectivity index (χ2v) is 8.48. The summed E-state index contributed by atoms with van der Waals surface area (Å²) in [7, 11) is 0. The van der Waals surface area contributed by atoms with Crippen molar-refractivity contribution in [3.05, 3.63) is 51.4 Å². The number of rotatable bonds is 12. The molecule has 0 spiro atoms. The lowest BCUT2D eigenvalue weighted by atomic mass is 10.1. The zero-order valence-corrected chi connectivity index (χ0v) is 18.5. The summed E-state index contributed by atoms with van der Waals surface area (Å²) in [6, 6.07) is 14.6. The van der Waals surface area contributed by atoms with E-state index in [1.54, 1.807) is 0 Å². The van der Waals surface area contributed by atoms with Crippen molar-refractivity contribution in [1.29, 1.82) is 0 Å². The maximum Gasteiger partial charge on any atom is 0.119 e. The number of benzene rings is 2. The molecule has 0 aliphatic heterocycles. The Hall–Kier alpha value is -0.840. The molecule has 0 saturated heterocycles. The first kappa shape index (κ1) is 21.5. The fraction of sp³-hybridized carbons (Fsp3) is 0.455. The minimum absolute atomic E-state index is 0.801. The monoisotopic (exact) mass is 481 g/mol. The largest absolute Gasteiger partial charge is 0.494 e. The van der Waals surface area contributed by atoms with E-state index in [9.17, 15) is 0 Å². The van der Waals surface area contributed by atoms with Gasteiger partial charge in [-0.1, -0.05) is 82.5 Å². The van der Waals surface area contributed by atoms with Gasteiger partial charge >= 0.3 is 0 Å². The molecule has 0 aromatic heterocycles. The minimum Gasteiger partial charge on any atom is -0.494 e. The molecule has 0 saturated carbocycles. The molecule has 142 valence electrons. The van der Waals surface area contributed by atoms with E-state index in [1.807, 2.05) is 6.07 Å². The normalized spacial score (nSPS) is 10.9. The SMILES string of the molecule is NCCCCCCCCCCOc1ccc(-c2cc(Br)cc(Br)c2)cc1. The molecule has 0 bridgehead atoms. The molecular formula is C22H29Br2NO. The summed E-state index contributed by atoms with van der Waals surface area (Å²) in [6.45, 7) is 1.63. The molecule has 0 atom stereocenters. The predicted octanol–water partition coefficient (Wildman–Crippen LogP) is 7.34. The van der Waals surface area contributed by atoms with E-state index in [2.05, 4.69) is 68.3 Å². The molecule has 0 fully saturated rings. The van der Waals surface area contributed by atoms with Gasteiger partial charge < -0.3 is 10.5 Å². The number of hydrogen-bond acceptors (Lipinski definition) is 2. The summed E-state index contributed by atoms with van der Waals surface area (Å²) >= 11 is 7.08. The molecule has 0 heterocycles. The summed E-state index contributed by atoms with van der Waals surface area (Å²) in [5.74, 6) is 0.949. The molecule has 0 aliphatic carbocycles. The van der Waals surface area contributed by atoms with Crippen LogP contribution in [0.5, 0.6) is 5.75 Å². The van der Waals surface area contributed by atoms with Crippen LogP contribution in [0.1, 0.15) is 51.4 Å². The average Bonchev–Trinajstić information content (AvgIpc) is 2.63. The number of unbranched alkanes of at least 4 members (excludes halogenated alkanes) is 7. The highest BCUT2D eigenvalue weighted by molar-refractivity contribution is 9.11. The Morgan fingerprint density at radius 2 is 1.19 bits per heavy atom. The molecule has 26 heavy (non-hydrogen) atoms. The Kier molecular flexibility index (Phi) is 10.3. The first-order valence-corrected chi connectivity index (χ1v) is 11.2. The molecule has 2 nitrogen and oxygen atoms in total. The van der Waals surface area contributed by atoms with Gasteiger partial charge in [0.25, 0.3) is 0 Å². The lowest BCUT2D eigenvalue weighted by molar-refractivity contribution is 0.304. The van der Waals surface area contributed by atoms with Gasteiger partial charge in [-0.25, -0.2) is 0 Å². The smallest absolute Gasteiger partial charge is 0.119 e. The molecule has 0 unspecified atom stereocenters. The van der Waals surface area contributed by atoms with Gasteiger partial charge in [-0.15, -0.1) is 0 Å². The van der Waals surface area contributed by atoms with Gasteiger partial charge in [-0.2, -0.15) is 0 Å². The first-order valence-electron chi connectivity index (χ1n) is 9.58. The topological polar surface area (TPSA) is 35.2 Å². The number of ether oxygens (including phenoxy) is 1. The Morgan fingerprint density at radius 3 is 1.77 bits per heavy atom. The van der Waals surface area contributed by atoms with E-state index in [1.165, 1.54) is 56.1 Å². The minimum atomic E-state index is 0.801. The van der Waals surface area contributed by atoms with E-state index in [-0.39, 0.29) is 0 Å². The van der Waals surface area contributed by atoms with Crippen molar-refractivity contribution in [3.8, 4) is 16.9 Å². The predicted molar refractivity (Wildman–Crippen MR) is 119 cm³/mol. The van der Waals surface area contributed by atoms with Crippen LogP contribution >= 0.6 is 31.9 Å². The maximum atomic E-state index is 5.87. The summed E-state index contributed by atoms with van der Waals surface area (Å²) < 4.78 is 8.01. The molecular weight excluding hydrogens is 454 g/mol. The van der Waals surface area contributed by atoms with Crippen molar-refractivity contribution in [2.24, 2.45) is 5.73 Å². The van der Waals surface area contributed by atoms with Gasteiger partial charge in [-0.3, -0.25) is 0 Å². The van der Waals surface area contributed by atoms with Gasteiger partial charge in [0.15, 0.2) is 0 Å². The van der Waals surface area contributed by atoms with Crippen molar-refractivity contribution >= 4 is 31.9 Å². The number of nitrogens with two attached hydrogens (primary N) is 1. The van der Waals surface area contributed by atoms with Crippen LogP contribution in [0.4, 0.5) is 0 Å². The number of halogens is 2. The van der Waals surface area contributed by atoms with Gasteiger partial charge in [0.05, 0.1) is 6.61 Å². The van der Waals surface area contributed by atoms with E-state index in [0.29, 0.717) is 0 Å². The molecule has 0 aliphatic rings. The van der Waals surface area contributed by atoms with Crippen LogP contribution in [0.25, 0.3) is 11.1 Å². The molecule has 2 rings (SSSR count). The van der Waals surface area contributed by atoms with Crippen molar-refractivity contribution in [3.63, 3.8) is 0 Å². The van der Waals surface area contributed by atoms with E-state index >= 15 is 0 Å². The van der Waals surface area contributed by atoms with E-state index in [0.717, 1.165) is 34.3 Å². The van der Waals surface area contributed by atoms with Crippen molar-refractivity contribution in [2.75, 3.05) is 13.2 Å². The zero-order chi connectivity index (χ0) is 18.6. The highest BCUT2D eigenvalue weighted by atomic mass is 79.9. The first-order chi connectivity index (χ1) is 12.7.